The van der Waals surface area contributed by atoms with Gasteiger partial charge in [-0.25, -0.2) is 0 Å². The topological polar surface area (TPSA) is 57.3 Å². The van der Waals surface area contributed by atoms with Crippen LogP contribution in [-0.2, 0) is 4.79 Å². The highest BCUT2D eigenvalue weighted by molar-refractivity contribution is 5.81. The first-order chi connectivity index (χ1) is 8.29. The Morgan fingerprint density at radius 3 is 3.24 bits per heavy atom. The number of anilines is 2. The predicted octanol–water partition coefficient (Wildman–Crippen LogP) is 0.840. The molecule has 0 spiro atoms. The van der Waals surface area contributed by atoms with Gasteiger partial charge in [-0.1, -0.05) is 0 Å². The number of amides is 1. The van der Waals surface area contributed by atoms with Crippen molar-refractivity contribution in [1.29, 1.82) is 0 Å². The minimum Gasteiger partial charge on any atom is -0.384 e. The highest BCUT2D eigenvalue weighted by Crippen LogP contribution is 2.18. The molecule has 5 nitrogen and oxygen atoms in total. The van der Waals surface area contributed by atoms with Crippen molar-refractivity contribution in [1.82, 2.24) is 10.3 Å². The maximum atomic E-state index is 11.5. The Kier molecular flexibility index (Phi) is 3.80. The lowest BCUT2D eigenvalue weighted by atomic mass is 10.3. The molecule has 0 aliphatic carbocycles. The molecule has 0 bridgehead atoms. The van der Waals surface area contributed by atoms with E-state index in [1.54, 1.807) is 12.4 Å². The van der Waals surface area contributed by atoms with E-state index in [1.807, 2.05) is 13.0 Å². The molecule has 92 valence electrons. The molecule has 17 heavy (non-hydrogen) atoms. The van der Waals surface area contributed by atoms with Crippen LogP contribution in [0.4, 0.5) is 11.4 Å². The van der Waals surface area contributed by atoms with E-state index in [4.69, 9.17) is 0 Å². The molecule has 1 amide bonds. The lowest BCUT2D eigenvalue weighted by Gasteiger charge is -2.21. The van der Waals surface area contributed by atoms with Gasteiger partial charge in [-0.3, -0.25) is 9.78 Å². The first kappa shape index (κ1) is 11.7. The minimum atomic E-state index is 0.0800. The second kappa shape index (κ2) is 5.52. The standard InChI is InChI=1S/C12H18N4O/c1-2-14-10-6-11(8-13-7-10)16-5-3-4-15-12(17)9-16/h6-8,14H,2-5,9H2,1H3,(H,15,17). The van der Waals surface area contributed by atoms with Crippen molar-refractivity contribution < 1.29 is 4.79 Å². The van der Waals surface area contributed by atoms with E-state index in [9.17, 15) is 4.79 Å². The van der Waals surface area contributed by atoms with Gasteiger partial charge < -0.3 is 15.5 Å². The number of nitrogens with one attached hydrogen (secondary N) is 2. The molecular formula is C12H18N4O. The largest absolute Gasteiger partial charge is 0.384 e. The van der Waals surface area contributed by atoms with Gasteiger partial charge in [-0.2, -0.15) is 0 Å². The van der Waals surface area contributed by atoms with Crippen LogP contribution in [0.15, 0.2) is 18.5 Å². The number of carbonyl (C=O) groups is 1. The molecule has 0 unspecified atom stereocenters. The average Bonchev–Trinajstić information content (AvgIpc) is 2.55. The molecule has 5 heteroatoms. The third-order valence-corrected chi connectivity index (χ3v) is 2.73. The lowest BCUT2D eigenvalue weighted by Crippen LogP contribution is -2.33. The van der Waals surface area contributed by atoms with Crippen LogP contribution in [0.25, 0.3) is 0 Å². The molecule has 2 heterocycles. The Morgan fingerprint density at radius 2 is 2.41 bits per heavy atom. The maximum absolute atomic E-state index is 11.5. The van der Waals surface area contributed by atoms with E-state index in [0.29, 0.717) is 6.54 Å². The van der Waals surface area contributed by atoms with E-state index >= 15 is 0 Å². The smallest absolute Gasteiger partial charge is 0.239 e. The second-order valence-corrected chi connectivity index (χ2v) is 4.09. The van der Waals surface area contributed by atoms with Crippen LogP contribution in [0.2, 0.25) is 0 Å². The van der Waals surface area contributed by atoms with E-state index in [0.717, 1.165) is 37.4 Å². The van der Waals surface area contributed by atoms with Gasteiger partial charge in [0.2, 0.25) is 5.91 Å². The normalized spacial score (nSPS) is 16.3. The van der Waals surface area contributed by atoms with Crippen molar-refractivity contribution in [3.8, 4) is 0 Å². The van der Waals surface area contributed by atoms with E-state index in [1.165, 1.54) is 0 Å². The van der Waals surface area contributed by atoms with E-state index in [-0.39, 0.29) is 5.91 Å². The van der Waals surface area contributed by atoms with Crippen LogP contribution in [0.3, 0.4) is 0 Å². The first-order valence-electron chi connectivity index (χ1n) is 6.00. The van der Waals surface area contributed by atoms with Crippen LogP contribution in [0, 0.1) is 0 Å². The monoisotopic (exact) mass is 234 g/mol. The molecule has 2 N–H and O–H groups in total. The summed E-state index contributed by atoms with van der Waals surface area (Å²) in [6.45, 7) is 4.97. The van der Waals surface area contributed by atoms with E-state index in [2.05, 4.69) is 20.5 Å². The summed E-state index contributed by atoms with van der Waals surface area (Å²) in [6.07, 6.45) is 4.57. The molecule has 0 saturated carbocycles. The number of hydrogen-bond acceptors (Lipinski definition) is 4. The highest BCUT2D eigenvalue weighted by Gasteiger charge is 2.15. The molecular weight excluding hydrogens is 216 g/mol. The molecule has 1 aromatic rings. The van der Waals surface area contributed by atoms with Gasteiger partial charge in [-0.05, 0) is 19.4 Å². The summed E-state index contributed by atoms with van der Waals surface area (Å²) in [4.78, 5) is 17.8. The van der Waals surface area contributed by atoms with Crippen molar-refractivity contribution >= 4 is 17.3 Å². The van der Waals surface area contributed by atoms with Crippen LogP contribution >= 0.6 is 0 Å². The molecule has 1 saturated heterocycles. The molecule has 1 aliphatic rings. The highest BCUT2D eigenvalue weighted by atomic mass is 16.2. The molecule has 1 fully saturated rings. The SMILES string of the molecule is CCNc1cncc(N2CCCNC(=O)C2)c1. The zero-order valence-corrected chi connectivity index (χ0v) is 10.1. The molecule has 0 aromatic carbocycles. The minimum absolute atomic E-state index is 0.0800. The summed E-state index contributed by atoms with van der Waals surface area (Å²) < 4.78 is 0. The van der Waals surface area contributed by atoms with Crippen LogP contribution < -0.4 is 15.5 Å². The first-order valence-corrected chi connectivity index (χ1v) is 6.00. The summed E-state index contributed by atoms with van der Waals surface area (Å²) in [7, 11) is 0. The number of hydrogen-bond donors (Lipinski definition) is 2. The van der Waals surface area contributed by atoms with Crippen molar-refractivity contribution in [2.24, 2.45) is 0 Å². The maximum Gasteiger partial charge on any atom is 0.239 e. The van der Waals surface area contributed by atoms with Gasteiger partial charge in [0.15, 0.2) is 0 Å². The van der Waals surface area contributed by atoms with Gasteiger partial charge in [0.1, 0.15) is 0 Å². The molecule has 1 aliphatic heterocycles. The number of pyridine rings is 1. The summed E-state index contributed by atoms with van der Waals surface area (Å²) >= 11 is 0. The zero-order chi connectivity index (χ0) is 12.1. The fraction of sp³-hybridized carbons (Fsp3) is 0.500. The Bertz CT molecular complexity index is 394. The summed E-state index contributed by atoms with van der Waals surface area (Å²) in [5, 5.41) is 6.09. The van der Waals surface area contributed by atoms with Gasteiger partial charge in [0.05, 0.1) is 30.3 Å². The van der Waals surface area contributed by atoms with Gasteiger partial charge in [-0.15, -0.1) is 0 Å². The fourth-order valence-electron chi connectivity index (χ4n) is 1.93. The Balaban J connectivity index is 2.14. The molecule has 0 radical (unpaired) electrons. The summed E-state index contributed by atoms with van der Waals surface area (Å²) in [5.41, 5.74) is 2.00. The quantitative estimate of drug-likeness (QED) is 0.813. The zero-order valence-electron chi connectivity index (χ0n) is 10.1. The fourth-order valence-corrected chi connectivity index (χ4v) is 1.93. The van der Waals surface area contributed by atoms with Crippen molar-refractivity contribution in [2.45, 2.75) is 13.3 Å². The third kappa shape index (κ3) is 3.09. The third-order valence-electron chi connectivity index (χ3n) is 2.73. The Hall–Kier alpha value is -1.78. The molecule has 0 atom stereocenters. The van der Waals surface area contributed by atoms with Crippen molar-refractivity contribution in [3.63, 3.8) is 0 Å². The van der Waals surface area contributed by atoms with E-state index < -0.39 is 0 Å². The summed E-state index contributed by atoms with van der Waals surface area (Å²) in [6, 6.07) is 2.04. The number of carbonyl (C=O) groups excluding carboxylic acids is 1. The number of aromatic nitrogens is 1. The van der Waals surface area contributed by atoms with Crippen LogP contribution in [0.5, 0.6) is 0 Å². The number of rotatable bonds is 3. The Labute approximate surface area is 101 Å². The summed E-state index contributed by atoms with van der Waals surface area (Å²) in [5.74, 6) is 0.0800. The lowest BCUT2D eigenvalue weighted by molar-refractivity contribution is -0.119. The van der Waals surface area contributed by atoms with Crippen LogP contribution in [0.1, 0.15) is 13.3 Å². The molecule has 1 aromatic heterocycles. The van der Waals surface area contributed by atoms with Crippen molar-refractivity contribution in [2.75, 3.05) is 36.4 Å². The second-order valence-electron chi connectivity index (χ2n) is 4.09. The Morgan fingerprint density at radius 1 is 1.53 bits per heavy atom. The van der Waals surface area contributed by atoms with Gasteiger partial charge in [0.25, 0.3) is 0 Å². The molecule has 2 rings (SSSR count). The van der Waals surface area contributed by atoms with Crippen LogP contribution in [-0.4, -0.2) is 37.1 Å². The van der Waals surface area contributed by atoms with Crippen molar-refractivity contribution in [3.05, 3.63) is 18.5 Å². The number of nitrogens with zero attached hydrogens (tertiary/aromatic N) is 2. The van der Waals surface area contributed by atoms with Gasteiger partial charge >= 0.3 is 0 Å². The predicted molar refractivity (Wildman–Crippen MR) is 68.2 cm³/mol. The average molecular weight is 234 g/mol. The van der Waals surface area contributed by atoms with Gasteiger partial charge in [0, 0.05) is 19.6 Å².